The van der Waals surface area contributed by atoms with E-state index in [0.717, 1.165) is 5.56 Å². The number of rotatable bonds is 7. The molecule has 0 aliphatic heterocycles. The van der Waals surface area contributed by atoms with E-state index in [-0.39, 0.29) is 33.1 Å². The molecule has 0 bridgehead atoms. The Labute approximate surface area is 198 Å². The Morgan fingerprint density at radius 1 is 0.879 bits per heavy atom. The molecule has 0 fully saturated rings. The molecule has 3 aromatic carbocycles. The van der Waals surface area contributed by atoms with Crippen molar-refractivity contribution in [2.24, 2.45) is 0 Å². The number of amides is 2. The molecule has 2 amide bonds. The minimum absolute atomic E-state index is 0.0554. The summed E-state index contributed by atoms with van der Waals surface area (Å²) in [6.07, 6.45) is 0. The Morgan fingerprint density at radius 2 is 1.55 bits per heavy atom. The maximum atomic E-state index is 13.0. The van der Waals surface area contributed by atoms with E-state index in [9.17, 15) is 18.0 Å². The Balaban J connectivity index is 1.85. The highest BCUT2D eigenvalue weighted by Crippen LogP contribution is 2.25. The van der Waals surface area contributed by atoms with Gasteiger partial charge in [0.05, 0.1) is 26.7 Å². The molecule has 0 heterocycles. The normalized spacial score (nSPS) is 11.2. The van der Waals surface area contributed by atoms with Crippen molar-refractivity contribution in [1.82, 2.24) is 5.32 Å². The van der Waals surface area contributed by atoms with E-state index in [1.165, 1.54) is 30.3 Å². The zero-order valence-corrected chi connectivity index (χ0v) is 19.9. The van der Waals surface area contributed by atoms with Crippen molar-refractivity contribution < 1.29 is 18.0 Å². The third-order valence-corrected chi connectivity index (χ3v) is 6.36. The van der Waals surface area contributed by atoms with Gasteiger partial charge >= 0.3 is 0 Å². The van der Waals surface area contributed by atoms with Crippen molar-refractivity contribution in [1.29, 1.82) is 0 Å². The number of sulfonamides is 1. The third kappa shape index (κ3) is 6.12. The quantitative estimate of drug-likeness (QED) is 0.445. The predicted molar refractivity (Wildman–Crippen MR) is 130 cm³/mol. The smallest absolute Gasteiger partial charge is 0.261 e. The van der Waals surface area contributed by atoms with Crippen LogP contribution in [0.2, 0.25) is 5.02 Å². The maximum Gasteiger partial charge on any atom is 0.261 e. The standard InChI is InChI=1S/C24H24ClN3O4S/c1-15(2)26-23(29)19-6-4-5-7-22(19)27-24(30)20-14-17(10-13-21(20)25)28-33(31,32)18-11-8-16(3)9-12-18/h4-15,28H,1-3H3,(H,26,29)(H,27,30). The van der Waals surface area contributed by atoms with Crippen LogP contribution in [-0.2, 0) is 10.0 Å². The van der Waals surface area contributed by atoms with Gasteiger partial charge in [0.1, 0.15) is 0 Å². The molecule has 172 valence electrons. The van der Waals surface area contributed by atoms with Crippen LogP contribution in [0.15, 0.2) is 71.6 Å². The molecule has 0 aliphatic rings. The van der Waals surface area contributed by atoms with Crippen molar-refractivity contribution in [2.45, 2.75) is 31.7 Å². The van der Waals surface area contributed by atoms with Crippen LogP contribution in [0.4, 0.5) is 11.4 Å². The van der Waals surface area contributed by atoms with Gasteiger partial charge in [-0.2, -0.15) is 0 Å². The zero-order valence-electron chi connectivity index (χ0n) is 18.3. The molecule has 9 heteroatoms. The first-order chi connectivity index (χ1) is 15.6. The van der Waals surface area contributed by atoms with Gasteiger partial charge in [-0.3, -0.25) is 14.3 Å². The fraction of sp³-hybridized carbons (Fsp3) is 0.167. The molecule has 0 atom stereocenters. The van der Waals surface area contributed by atoms with Crippen molar-refractivity contribution in [3.8, 4) is 0 Å². The number of carbonyl (C=O) groups excluding carboxylic acids is 2. The largest absolute Gasteiger partial charge is 0.350 e. The first-order valence-corrected chi connectivity index (χ1v) is 12.0. The molecule has 33 heavy (non-hydrogen) atoms. The molecule has 3 N–H and O–H groups in total. The topological polar surface area (TPSA) is 104 Å². The fourth-order valence-electron chi connectivity index (χ4n) is 3.01. The molecule has 7 nitrogen and oxygen atoms in total. The van der Waals surface area contributed by atoms with Gasteiger partial charge in [0, 0.05) is 11.7 Å². The van der Waals surface area contributed by atoms with Crippen LogP contribution in [0.5, 0.6) is 0 Å². The number of hydrogen-bond acceptors (Lipinski definition) is 4. The number of para-hydroxylation sites is 1. The first kappa shape index (κ1) is 24.3. The van der Waals surface area contributed by atoms with E-state index in [1.807, 2.05) is 20.8 Å². The zero-order chi connectivity index (χ0) is 24.2. The lowest BCUT2D eigenvalue weighted by Crippen LogP contribution is -2.31. The van der Waals surface area contributed by atoms with Crippen molar-refractivity contribution >= 4 is 44.8 Å². The van der Waals surface area contributed by atoms with Crippen LogP contribution in [0.1, 0.15) is 40.1 Å². The fourth-order valence-corrected chi connectivity index (χ4v) is 4.27. The summed E-state index contributed by atoms with van der Waals surface area (Å²) in [5.41, 5.74) is 1.77. The van der Waals surface area contributed by atoms with Crippen LogP contribution >= 0.6 is 11.6 Å². The number of aryl methyl sites for hydroxylation is 1. The molecule has 0 saturated carbocycles. The molecule has 0 aromatic heterocycles. The Morgan fingerprint density at radius 3 is 2.21 bits per heavy atom. The minimum Gasteiger partial charge on any atom is -0.350 e. The Hall–Kier alpha value is -3.36. The second kappa shape index (κ2) is 10.1. The molecule has 0 spiro atoms. The summed E-state index contributed by atoms with van der Waals surface area (Å²) in [6, 6.07) is 17.1. The van der Waals surface area contributed by atoms with E-state index in [4.69, 9.17) is 11.6 Å². The van der Waals surface area contributed by atoms with Crippen LogP contribution in [0, 0.1) is 6.92 Å². The number of anilines is 2. The highest BCUT2D eigenvalue weighted by molar-refractivity contribution is 7.92. The summed E-state index contributed by atoms with van der Waals surface area (Å²) >= 11 is 6.22. The predicted octanol–water partition coefficient (Wildman–Crippen LogP) is 4.84. The SMILES string of the molecule is Cc1ccc(S(=O)(=O)Nc2ccc(Cl)c(C(=O)Nc3ccccc3C(=O)NC(C)C)c2)cc1. The van der Waals surface area contributed by atoms with E-state index >= 15 is 0 Å². The van der Waals surface area contributed by atoms with Crippen LogP contribution < -0.4 is 15.4 Å². The summed E-state index contributed by atoms with van der Waals surface area (Å²) in [5.74, 6) is -0.909. The van der Waals surface area contributed by atoms with Crippen molar-refractivity contribution in [3.05, 3.63) is 88.4 Å². The number of carbonyl (C=O) groups is 2. The molecule has 3 rings (SSSR count). The molecular formula is C24H24ClN3O4S. The van der Waals surface area contributed by atoms with E-state index in [1.54, 1.807) is 36.4 Å². The summed E-state index contributed by atoms with van der Waals surface area (Å²) in [5, 5.41) is 5.61. The second-order valence-corrected chi connectivity index (χ2v) is 9.83. The van der Waals surface area contributed by atoms with Crippen LogP contribution in [0.3, 0.4) is 0 Å². The summed E-state index contributed by atoms with van der Waals surface area (Å²) in [7, 11) is -3.85. The maximum absolute atomic E-state index is 13.0. The lowest BCUT2D eigenvalue weighted by Gasteiger charge is -2.14. The summed E-state index contributed by atoms with van der Waals surface area (Å²) in [4.78, 5) is 25.5. The highest BCUT2D eigenvalue weighted by atomic mass is 35.5. The van der Waals surface area contributed by atoms with E-state index in [0.29, 0.717) is 11.3 Å². The molecule has 0 unspecified atom stereocenters. The van der Waals surface area contributed by atoms with Gasteiger partial charge in [-0.15, -0.1) is 0 Å². The number of benzene rings is 3. The van der Waals surface area contributed by atoms with Gasteiger partial charge in [-0.1, -0.05) is 41.4 Å². The highest BCUT2D eigenvalue weighted by Gasteiger charge is 2.19. The van der Waals surface area contributed by atoms with E-state index in [2.05, 4.69) is 15.4 Å². The first-order valence-electron chi connectivity index (χ1n) is 10.2. The summed E-state index contributed by atoms with van der Waals surface area (Å²) < 4.78 is 27.8. The van der Waals surface area contributed by atoms with Crippen molar-refractivity contribution in [3.63, 3.8) is 0 Å². The molecule has 0 aliphatic carbocycles. The van der Waals surface area contributed by atoms with Gasteiger partial charge in [-0.05, 0) is 63.2 Å². The Bertz CT molecular complexity index is 1290. The number of hydrogen-bond donors (Lipinski definition) is 3. The lowest BCUT2D eigenvalue weighted by atomic mass is 10.1. The van der Waals surface area contributed by atoms with Gasteiger partial charge in [0.2, 0.25) is 0 Å². The lowest BCUT2D eigenvalue weighted by molar-refractivity contribution is 0.0944. The van der Waals surface area contributed by atoms with Gasteiger partial charge in [0.15, 0.2) is 0 Å². The monoisotopic (exact) mass is 485 g/mol. The third-order valence-electron chi connectivity index (χ3n) is 4.63. The second-order valence-electron chi connectivity index (χ2n) is 7.74. The van der Waals surface area contributed by atoms with Gasteiger partial charge in [0.25, 0.3) is 21.8 Å². The summed E-state index contributed by atoms with van der Waals surface area (Å²) in [6.45, 7) is 5.53. The minimum atomic E-state index is -3.85. The number of halogens is 1. The van der Waals surface area contributed by atoms with Gasteiger partial charge in [-0.25, -0.2) is 8.42 Å². The molecular weight excluding hydrogens is 462 g/mol. The van der Waals surface area contributed by atoms with Crippen molar-refractivity contribution in [2.75, 3.05) is 10.0 Å². The van der Waals surface area contributed by atoms with Crippen LogP contribution in [0.25, 0.3) is 0 Å². The van der Waals surface area contributed by atoms with E-state index < -0.39 is 15.9 Å². The molecule has 0 saturated heterocycles. The molecule has 0 radical (unpaired) electrons. The van der Waals surface area contributed by atoms with Crippen LogP contribution in [-0.4, -0.2) is 26.3 Å². The number of nitrogens with one attached hydrogen (secondary N) is 3. The average molecular weight is 486 g/mol. The Kier molecular flexibility index (Phi) is 7.40. The van der Waals surface area contributed by atoms with Gasteiger partial charge < -0.3 is 10.6 Å². The average Bonchev–Trinajstić information content (AvgIpc) is 2.75. The molecule has 3 aromatic rings.